The zero-order valence-electron chi connectivity index (χ0n) is 17.1. The number of rotatable bonds is 4. The second-order valence-electron chi connectivity index (χ2n) is 7.67. The molecule has 0 atom stereocenters. The SMILES string of the molecule is O=c1c(=Cc2ccc(OCc3ccc4ccccc4c3)cc2)sc2nc3ccccc3n12. The average Bonchev–Trinajstić information content (AvgIpc) is 3.34. The summed E-state index contributed by atoms with van der Waals surface area (Å²) >= 11 is 1.41. The van der Waals surface area contributed by atoms with Crippen LogP contribution in [-0.4, -0.2) is 9.38 Å². The van der Waals surface area contributed by atoms with Crippen LogP contribution in [0.15, 0.2) is 95.8 Å². The molecule has 6 aromatic rings. The third-order valence-corrected chi connectivity index (χ3v) is 6.51. The Bertz CT molecular complexity index is 1700. The molecule has 0 radical (unpaired) electrons. The molecule has 4 aromatic carbocycles. The Morgan fingerprint density at radius 2 is 1.66 bits per heavy atom. The molecule has 0 spiro atoms. The van der Waals surface area contributed by atoms with Crippen molar-refractivity contribution in [2.45, 2.75) is 6.61 Å². The minimum Gasteiger partial charge on any atom is -0.489 e. The van der Waals surface area contributed by atoms with E-state index in [0.717, 1.165) is 32.9 Å². The Morgan fingerprint density at radius 3 is 2.53 bits per heavy atom. The molecule has 0 aliphatic heterocycles. The number of fused-ring (bicyclic) bond motifs is 4. The summed E-state index contributed by atoms with van der Waals surface area (Å²) in [5.74, 6) is 0.796. The lowest BCUT2D eigenvalue weighted by atomic mass is 10.1. The van der Waals surface area contributed by atoms with Crippen molar-refractivity contribution < 1.29 is 4.74 Å². The highest BCUT2D eigenvalue weighted by molar-refractivity contribution is 7.15. The fourth-order valence-electron chi connectivity index (χ4n) is 3.92. The fourth-order valence-corrected chi connectivity index (χ4v) is 4.91. The van der Waals surface area contributed by atoms with Crippen molar-refractivity contribution in [3.8, 4) is 5.75 Å². The maximum absolute atomic E-state index is 12.9. The molecule has 32 heavy (non-hydrogen) atoms. The van der Waals surface area contributed by atoms with Crippen LogP contribution >= 0.6 is 11.3 Å². The molecule has 0 amide bonds. The van der Waals surface area contributed by atoms with Gasteiger partial charge < -0.3 is 4.74 Å². The minimum atomic E-state index is -0.0321. The number of imidazole rings is 1. The number of benzene rings is 4. The van der Waals surface area contributed by atoms with E-state index in [1.807, 2.05) is 66.7 Å². The molecule has 0 saturated heterocycles. The van der Waals surface area contributed by atoms with Crippen molar-refractivity contribution in [1.82, 2.24) is 9.38 Å². The first kappa shape index (κ1) is 18.8. The number of para-hydroxylation sites is 2. The van der Waals surface area contributed by atoms with Crippen LogP contribution in [0.2, 0.25) is 0 Å². The number of hydrogen-bond donors (Lipinski definition) is 0. The van der Waals surface area contributed by atoms with Crippen molar-refractivity contribution in [3.63, 3.8) is 0 Å². The maximum Gasteiger partial charge on any atom is 0.274 e. The van der Waals surface area contributed by atoms with Crippen LogP contribution in [0.5, 0.6) is 5.75 Å². The van der Waals surface area contributed by atoms with E-state index < -0.39 is 0 Å². The summed E-state index contributed by atoms with van der Waals surface area (Å²) in [6, 6.07) is 30.2. The average molecular weight is 435 g/mol. The summed E-state index contributed by atoms with van der Waals surface area (Å²) in [5.41, 5.74) is 3.74. The van der Waals surface area contributed by atoms with E-state index in [2.05, 4.69) is 35.3 Å². The van der Waals surface area contributed by atoms with Gasteiger partial charge in [-0.1, -0.05) is 72.0 Å². The first-order chi connectivity index (χ1) is 15.7. The van der Waals surface area contributed by atoms with Gasteiger partial charge >= 0.3 is 0 Å². The third kappa shape index (κ3) is 3.33. The first-order valence-electron chi connectivity index (χ1n) is 10.4. The van der Waals surface area contributed by atoms with Gasteiger partial charge in [-0.15, -0.1) is 0 Å². The molecule has 0 saturated carbocycles. The largest absolute Gasteiger partial charge is 0.489 e. The summed E-state index contributed by atoms with van der Waals surface area (Å²) in [5, 5.41) is 2.44. The predicted octanol–water partition coefficient (Wildman–Crippen LogP) is 5.19. The summed E-state index contributed by atoms with van der Waals surface area (Å²) < 4.78 is 8.32. The molecule has 6 rings (SSSR count). The normalized spacial score (nSPS) is 12.2. The first-order valence-corrected chi connectivity index (χ1v) is 11.2. The van der Waals surface area contributed by atoms with Gasteiger partial charge in [0.1, 0.15) is 12.4 Å². The highest BCUT2D eigenvalue weighted by Gasteiger charge is 2.10. The fraction of sp³-hybridized carbons (Fsp3) is 0.0370. The standard InChI is InChI=1S/C27H18N2O2S/c30-26-25(32-27-28-23-7-3-4-8-24(23)29(26)27)16-18-10-13-22(14-11-18)31-17-19-9-12-20-5-1-2-6-21(20)15-19/h1-16H,17H2. The van der Waals surface area contributed by atoms with Crippen LogP contribution in [0.4, 0.5) is 0 Å². The summed E-state index contributed by atoms with van der Waals surface area (Å²) in [4.78, 5) is 18.2. The van der Waals surface area contributed by atoms with Crippen molar-refractivity contribution in [2.24, 2.45) is 0 Å². The van der Waals surface area contributed by atoms with Crippen LogP contribution in [0.3, 0.4) is 0 Å². The second-order valence-corrected chi connectivity index (χ2v) is 8.68. The van der Waals surface area contributed by atoms with Gasteiger partial charge in [-0.2, -0.15) is 0 Å². The van der Waals surface area contributed by atoms with Gasteiger partial charge in [-0.05, 0) is 58.3 Å². The van der Waals surface area contributed by atoms with E-state index in [4.69, 9.17) is 4.74 Å². The van der Waals surface area contributed by atoms with Gasteiger partial charge in [0.2, 0.25) is 0 Å². The number of thiazole rings is 1. The van der Waals surface area contributed by atoms with Crippen LogP contribution < -0.4 is 14.8 Å². The third-order valence-electron chi connectivity index (χ3n) is 5.54. The highest BCUT2D eigenvalue weighted by atomic mass is 32.1. The van der Waals surface area contributed by atoms with Gasteiger partial charge in [0.05, 0.1) is 15.6 Å². The molecule has 0 bridgehead atoms. The second kappa shape index (κ2) is 7.62. The Morgan fingerprint density at radius 1 is 0.875 bits per heavy atom. The minimum absolute atomic E-state index is 0.0321. The van der Waals surface area contributed by atoms with E-state index >= 15 is 0 Å². The Balaban J connectivity index is 1.24. The van der Waals surface area contributed by atoms with E-state index in [9.17, 15) is 4.79 Å². The number of hydrogen-bond acceptors (Lipinski definition) is 4. The lowest BCUT2D eigenvalue weighted by Crippen LogP contribution is -2.22. The Hall–Kier alpha value is -3.96. The van der Waals surface area contributed by atoms with Crippen molar-refractivity contribution in [2.75, 3.05) is 0 Å². The van der Waals surface area contributed by atoms with Crippen LogP contribution in [0, 0.1) is 0 Å². The molecule has 0 aliphatic rings. The summed E-state index contributed by atoms with van der Waals surface area (Å²) in [6.07, 6.45) is 1.91. The summed E-state index contributed by atoms with van der Waals surface area (Å²) in [7, 11) is 0. The van der Waals surface area contributed by atoms with Gasteiger partial charge in [-0.3, -0.25) is 4.79 Å². The van der Waals surface area contributed by atoms with Crippen molar-refractivity contribution in [3.05, 3.63) is 117 Å². The quantitative estimate of drug-likeness (QED) is 0.384. The van der Waals surface area contributed by atoms with Gasteiger partial charge in [0, 0.05) is 0 Å². The number of ether oxygens (including phenoxy) is 1. The highest BCUT2D eigenvalue weighted by Crippen LogP contribution is 2.19. The van der Waals surface area contributed by atoms with Gasteiger partial charge in [0.25, 0.3) is 5.56 Å². The Labute approximate surface area is 187 Å². The number of aromatic nitrogens is 2. The van der Waals surface area contributed by atoms with E-state index in [1.165, 1.54) is 22.1 Å². The lowest BCUT2D eigenvalue weighted by Gasteiger charge is -2.07. The molecule has 4 nitrogen and oxygen atoms in total. The number of nitrogens with zero attached hydrogens (tertiary/aromatic N) is 2. The molecular formula is C27H18N2O2S. The van der Waals surface area contributed by atoms with Crippen molar-refractivity contribution >= 4 is 44.2 Å². The van der Waals surface area contributed by atoms with Gasteiger partial charge in [-0.25, -0.2) is 9.38 Å². The van der Waals surface area contributed by atoms with Gasteiger partial charge in [0.15, 0.2) is 4.96 Å². The maximum atomic E-state index is 12.9. The van der Waals surface area contributed by atoms with Crippen LogP contribution in [0.1, 0.15) is 11.1 Å². The molecule has 2 aromatic heterocycles. The molecule has 154 valence electrons. The molecular weight excluding hydrogens is 416 g/mol. The van der Waals surface area contributed by atoms with Crippen LogP contribution in [0.25, 0.3) is 32.8 Å². The Kier molecular flexibility index (Phi) is 4.47. The van der Waals surface area contributed by atoms with Crippen molar-refractivity contribution in [1.29, 1.82) is 0 Å². The van der Waals surface area contributed by atoms with Crippen LogP contribution in [-0.2, 0) is 6.61 Å². The molecule has 5 heteroatoms. The van der Waals surface area contributed by atoms with E-state index in [0.29, 0.717) is 11.1 Å². The zero-order valence-corrected chi connectivity index (χ0v) is 17.9. The van der Waals surface area contributed by atoms with E-state index in [-0.39, 0.29) is 5.56 Å². The molecule has 0 aliphatic carbocycles. The molecule has 0 unspecified atom stereocenters. The smallest absolute Gasteiger partial charge is 0.274 e. The lowest BCUT2D eigenvalue weighted by molar-refractivity contribution is 0.306. The van der Waals surface area contributed by atoms with E-state index in [1.54, 1.807) is 4.40 Å². The monoisotopic (exact) mass is 434 g/mol. The summed E-state index contributed by atoms with van der Waals surface area (Å²) in [6.45, 7) is 0.508. The molecule has 0 N–H and O–H groups in total. The molecule has 0 fully saturated rings. The predicted molar refractivity (Wildman–Crippen MR) is 130 cm³/mol. The molecule has 2 heterocycles. The topological polar surface area (TPSA) is 43.6 Å². The zero-order chi connectivity index (χ0) is 21.5.